The summed E-state index contributed by atoms with van der Waals surface area (Å²) >= 11 is 0. The van der Waals surface area contributed by atoms with E-state index in [2.05, 4.69) is 9.97 Å². The maximum atomic E-state index is 10.9. The zero-order valence-corrected chi connectivity index (χ0v) is 10.1. The summed E-state index contributed by atoms with van der Waals surface area (Å²) in [7, 11) is 0. The standard InChI is InChI=1S/C10H16N4O3/c1-4-5-6(2)17-9-8(14(15)16)7(3)12-10(11)13-9/h6H,4-5H2,1-3H3,(H2,11,12,13). The Labute approximate surface area is 99.2 Å². The second-order valence-corrected chi connectivity index (χ2v) is 3.80. The Morgan fingerprint density at radius 2 is 2.18 bits per heavy atom. The molecule has 0 saturated heterocycles. The first-order valence-corrected chi connectivity index (χ1v) is 5.40. The van der Waals surface area contributed by atoms with Crippen molar-refractivity contribution in [1.82, 2.24) is 9.97 Å². The molecular weight excluding hydrogens is 224 g/mol. The van der Waals surface area contributed by atoms with Crippen LogP contribution in [0.2, 0.25) is 0 Å². The lowest BCUT2D eigenvalue weighted by molar-refractivity contribution is -0.387. The molecule has 0 aromatic carbocycles. The molecule has 1 atom stereocenters. The van der Waals surface area contributed by atoms with Gasteiger partial charge in [-0.3, -0.25) is 10.1 Å². The monoisotopic (exact) mass is 240 g/mol. The van der Waals surface area contributed by atoms with Gasteiger partial charge in [-0.1, -0.05) is 13.3 Å². The van der Waals surface area contributed by atoms with Gasteiger partial charge in [0.15, 0.2) is 0 Å². The number of nitrogen functional groups attached to an aromatic ring is 1. The van der Waals surface area contributed by atoms with Crippen molar-refractivity contribution in [3.8, 4) is 5.88 Å². The van der Waals surface area contributed by atoms with E-state index in [1.54, 1.807) is 0 Å². The highest BCUT2D eigenvalue weighted by Gasteiger charge is 2.24. The highest BCUT2D eigenvalue weighted by Crippen LogP contribution is 2.29. The zero-order valence-electron chi connectivity index (χ0n) is 10.1. The van der Waals surface area contributed by atoms with Crippen LogP contribution in [0, 0.1) is 17.0 Å². The topological polar surface area (TPSA) is 104 Å². The van der Waals surface area contributed by atoms with Crippen molar-refractivity contribution >= 4 is 11.6 Å². The number of hydrogen-bond donors (Lipinski definition) is 1. The summed E-state index contributed by atoms with van der Waals surface area (Å²) in [4.78, 5) is 17.9. The lowest BCUT2D eigenvalue weighted by Crippen LogP contribution is -2.15. The number of nitro groups is 1. The van der Waals surface area contributed by atoms with E-state index in [0.717, 1.165) is 12.8 Å². The molecule has 1 rings (SSSR count). The summed E-state index contributed by atoms with van der Waals surface area (Å²) in [5, 5.41) is 10.9. The summed E-state index contributed by atoms with van der Waals surface area (Å²) in [5.74, 6) is -0.0762. The third-order valence-corrected chi connectivity index (χ3v) is 2.23. The molecule has 0 amide bonds. The molecule has 0 bridgehead atoms. The Balaban J connectivity index is 3.08. The second-order valence-electron chi connectivity index (χ2n) is 3.80. The molecule has 7 nitrogen and oxygen atoms in total. The molecule has 94 valence electrons. The molecule has 1 aromatic heterocycles. The van der Waals surface area contributed by atoms with Gasteiger partial charge in [0, 0.05) is 0 Å². The Morgan fingerprint density at radius 3 is 2.71 bits per heavy atom. The van der Waals surface area contributed by atoms with Gasteiger partial charge in [0.2, 0.25) is 5.95 Å². The molecule has 7 heteroatoms. The minimum Gasteiger partial charge on any atom is -0.470 e. The Bertz CT molecular complexity index is 422. The van der Waals surface area contributed by atoms with Gasteiger partial charge in [-0.15, -0.1) is 0 Å². The molecule has 2 N–H and O–H groups in total. The molecule has 0 radical (unpaired) electrons. The molecule has 0 aliphatic carbocycles. The van der Waals surface area contributed by atoms with Gasteiger partial charge in [-0.05, 0) is 20.3 Å². The van der Waals surface area contributed by atoms with Crippen LogP contribution in [-0.2, 0) is 0 Å². The van der Waals surface area contributed by atoms with E-state index in [1.165, 1.54) is 6.92 Å². The van der Waals surface area contributed by atoms with Crippen LogP contribution in [0.5, 0.6) is 5.88 Å². The fourth-order valence-corrected chi connectivity index (χ4v) is 1.51. The fraction of sp³-hybridized carbons (Fsp3) is 0.600. The van der Waals surface area contributed by atoms with Gasteiger partial charge in [0.1, 0.15) is 5.69 Å². The van der Waals surface area contributed by atoms with Crippen LogP contribution < -0.4 is 10.5 Å². The number of hydrogen-bond acceptors (Lipinski definition) is 6. The van der Waals surface area contributed by atoms with Crippen molar-refractivity contribution in [3.05, 3.63) is 15.8 Å². The number of rotatable bonds is 5. The minimum atomic E-state index is -0.553. The SMILES string of the molecule is CCCC(C)Oc1nc(N)nc(C)c1[N+](=O)[O-]. The third kappa shape index (κ3) is 3.27. The number of nitrogens with zero attached hydrogens (tertiary/aromatic N) is 3. The first-order valence-electron chi connectivity index (χ1n) is 5.40. The largest absolute Gasteiger partial charge is 0.470 e. The van der Waals surface area contributed by atoms with Crippen LogP contribution in [0.4, 0.5) is 11.6 Å². The third-order valence-electron chi connectivity index (χ3n) is 2.23. The van der Waals surface area contributed by atoms with E-state index in [4.69, 9.17) is 10.5 Å². The van der Waals surface area contributed by atoms with E-state index in [0.29, 0.717) is 0 Å². The number of aryl methyl sites for hydroxylation is 1. The maximum absolute atomic E-state index is 10.9. The summed E-state index contributed by atoms with van der Waals surface area (Å²) in [6.07, 6.45) is 1.57. The highest BCUT2D eigenvalue weighted by atomic mass is 16.6. The Morgan fingerprint density at radius 1 is 1.53 bits per heavy atom. The van der Waals surface area contributed by atoms with Crippen LogP contribution in [0.1, 0.15) is 32.4 Å². The average Bonchev–Trinajstić information content (AvgIpc) is 2.15. The fourth-order valence-electron chi connectivity index (χ4n) is 1.51. The Hall–Kier alpha value is -1.92. The highest BCUT2D eigenvalue weighted by molar-refractivity contribution is 5.47. The first-order chi connectivity index (χ1) is 7.95. The van der Waals surface area contributed by atoms with Crippen LogP contribution in [0.15, 0.2) is 0 Å². The van der Waals surface area contributed by atoms with Gasteiger partial charge >= 0.3 is 5.69 Å². The minimum absolute atomic E-state index is 0.0215. The van der Waals surface area contributed by atoms with Crippen molar-refractivity contribution in [2.75, 3.05) is 5.73 Å². The van der Waals surface area contributed by atoms with Gasteiger partial charge in [0.25, 0.3) is 5.88 Å². The number of nitrogens with two attached hydrogens (primary N) is 1. The van der Waals surface area contributed by atoms with E-state index in [9.17, 15) is 10.1 Å². The van der Waals surface area contributed by atoms with Gasteiger partial charge in [-0.2, -0.15) is 4.98 Å². The van der Waals surface area contributed by atoms with Crippen LogP contribution in [0.3, 0.4) is 0 Å². The molecule has 0 aliphatic rings. The quantitative estimate of drug-likeness (QED) is 0.622. The number of anilines is 1. The van der Waals surface area contributed by atoms with Crippen LogP contribution >= 0.6 is 0 Å². The van der Waals surface area contributed by atoms with Gasteiger partial charge < -0.3 is 10.5 Å². The van der Waals surface area contributed by atoms with E-state index >= 15 is 0 Å². The molecule has 0 saturated carbocycles. The smallest absolute Gasteiger partial charge is 0.352 e. The Kier molecular flexibility index (Phi) is 4.19. The van der Waals surface area contributed by atoms with E-state index in [-0.39, 0.29) is 29.3 Å². The normalized spacial score (nSPS) is 12.2. The molecule has 1 unspecified atom stereocenters. The molecule has 1 aromatic rings. The van der Waals surface area contributed by atoms with E-state index in [1.807, 2.05) is 13.8 Å². The molecule has 0 fully saturated rings. The summed E-state index contributed by atoms with van der Waals surface area (Å²) in [6, 6.07) is 0. The molecule has 1 heterocycles. The lowest BCUT2D eigenvalue weighted by atomic mass is 10.2. The van der Waals surface area contributed by atoms with E-state index < -0.39 is 4.92 Å². The van der Waals surface area contributed by atoms with Crippen molar-refractivity contribution in [2.24, 2.45) is 0 Å². The first kappa shape index (κ1) is 13.1. The summed E-state index contributed by atoms with van der Waals surface area (Å²) < 4.78 is 5.44. The molecular formula is C10H16N4O3. The van der Waals surface area contributed by atoms with Crippen molar-refractivity contribution in [2.45, 2.75) is 39.7 Å². The van der Waals surface area contributed by atoms with Gasteiger partial charge in [-0.25, -0.2) is 4.98 Å². The average molecular weight is 240 g/mol. The van der Waals surface area contributed by atoms with Gasteiger partial charge in [0.05, 0.1) is 11.0 Å². The van der Waals surface area contributed by atoms with Crippen LogP contribution in [-0.4, -0.2) is 21.0 Å². The molecule has 0 aliphatic heterocycles. The lowest BCUT2D eigenvalue weighted by Gasteiger charge is -2.13. The van der Waals surface area contributed by atoms with Crippen LogP contribution in [0.25, 0.3) is 0 Å². The second kappa shape index (κ2) is 5.42. The summed E-state index contributed by atoms with van der Waals surface area (Å²) in [5.41, 5.74) is 5.44. The predicted molar refractivity (Wildman–Crippen MR) is 62.8 cm³/mol. The zero-order chi connectivity index (χ0) is 13.0. The molecule has 0 spiro atoms. The maximum Gasteiger partial charge on any atom is 0.352 e. The van der Waals surface area contributed by atoms with Crippen molar-refractivity contribution < 1.29 is 9.66 Å². The summed E-state index contributed by atoms with van der Waals surface area (Å²) in [6.45, 7) is 5.35. The number of ether oxygens (including phenoxy) is 1. The predicted octanol–water partition coefficient (Wildman–Crippen LogP) is 1.84. The number of aromatic nitrogens is 2. The molecule has 17 heavy (non-hydrogen) atoms. The van der Waals surface area contributed by atoms with Crippen molar-refractivity contribution in [3.63, 3.8) is 0 Å². The van der Waals surface area contributed by atoms with Crippen molar-refractivity contribution in [1.29, 1.82) is 0 Å².